The largest absolute Gasteiger partial charge is 0.419 e. The Morgan fingerprint density at radius 1 is 1.03 bits per heavy atom. The molecule has 0 saturated heterocycles. The van der Waals surface area contributed by atoms with Crippen LogP contribution in [-0.4, -0.2) is 57.7 Å². The molecule has 39 heavy (non-hydrogen) atoms. The Labute approximate surface area is 221 Å². The smallest absolute Gasteiger partial charge is 0.383 e. The molecule has 0 saturated carbocycles. The molecule has 2 N–H and O–H groups in total. The zero-order chi connectivity index (χ0) is 29.2. The van der Waals surface area contributed by atoms with Crippen LogP contribution in [0.3, 0.4) is 0 Å². The third-order valence-corrected chi connectivity index (χ3v) is 6.87. The van der Waals surface area contributed by atoms with E-state index in [1.54, 1.807) is 6.07 Å². The first-order valence-electron chi connectivity index (χ1n) is 11.4. The zero-order valence-corrected chi connectivity index (χ0v) is 21.5. The SMILES string of the molecule is COCCNC(c1ccc(NC(=O)C2c3ccc(C[SH](=O)=O)cc3CN2C(C)=O)cc1)(C(F)(F)F)C(F)(F)F. The molecule has 0 aliphatic carbocycles. The third kappa shape index (κ3) is 6.20. The molecule has 1 aliphatic rings. The Bertz CT molecular complexity index is 1270. The molecule has 0 bridgehead atoms. The molecule has 2 amide bonds. The van der Waals surface area contributed by atoms with Crippen molar-refractivity contribution in [1.82, 2.24) is 10.2 Å². The highest BCUT2D eigenvalue weighted by Crippen LogP contribution is 2.50. The number of benzene rings is 2. The Morgan fingerprint density at radius 3 is 2.15 bits per heavy atom. The minimum absolute atomic E-state index is 0.0119. The number of fused-ring (bicyclic) bond motifs is 1. The Morgan fingerprint density at radius 2 is 1.64 bits per heavy atom. The second kappa shape index (κ2) is 11.5. The summed E-state index contributed by atoms with van der Waals surface area (Å²) in [6, 6.07) is 6.43. The second-order valence-corrected chi connectivity index (χ2v) is 9.79. The quantitative estimate of drug-likeness (QED) is 0.238. The van der Waals surface area contributed by atoms with Gasteiger partial charge >= 0.3 is 12.4 Å². The number of methoxy groups -OCH3 is 1. The van der Waals surface area contributed by atoms with Crippen molar-refractivity contribution in [2.75, 3.05) is 25.6 Å². The maximum Gasteiger partial charge on any atom is 0.419 e. The number of hydrogen-bond donors (Lipinski definition) is 3. The van der Waals surface area contributed by atoms with Gasteiger partial charge in [-0.25, -0.2) is 8.42 Å². The van der Waals surface area contributed by atoms with E-state index in [1.165, 1.54) is 29.3 Å². The van der Waals surface area contributed by atoms with Crippen molar-refractivity contribution in [3.8, 4) is 0 Å². The number of carbonyl (C=O) groups excluding carboxylic acids is 2. The van der Waals surface area contributed by atoms with Gasteiger partial charge in [0, 0.05) is 32.8 Å². The summed E-state index contributed by atoms with van der Waals surface area (Å²) in [6.45, 7) is 0.0795. The maximum absolute atomic E-state index is 13.9. The summed E-state index contributed by atoms with van der Waals surface area (Å²) in [6.07, 6.45) is -11.5. The summed E-state index contributed by atoms with van der Waals surface area (Å²) in [5.74, 6) is -1.46. The van der Waals surface area contributed by atoms with Crippen molar-refractivity contribution in [2.45, 2.75) is 43.2 Å². The van der Waals surface area contributed by atoms with E-state index in [4.69, 9.17) is 0 Å². The van der Waals surface area contributed by atoms with Gasteiger partial charge in [-0.2, -0.15) is 26.3 Å². The van der Waals surface area contributed by atoms with Crippen molar-refractivity contribution in [3.63, 3.8) is 0 Å². The van der Waals surface area contributed by atoms with Gasteiger partial charge in [0.25, 0.3) is 5.91 Å². The van der Waals surface area contributed by atoms with E-state index in [9.17, 15) is 44.3 Å². The number of alkyl halides is 6. The second-order valence-electron chi connectivity index (χ2n) is 8.81. The Hall–Kier alpha value is -3.17. The van der Waals surface area contributed by atoms with Gasteiger partial charge in [-0.3, -0.25) is 14.9 Å². The van der Waals surface area contributed by atoms with Crippen molar-refractivity contribution in [1.29, 1.82) is 0 Å². The van der Waals surface area contributed by atoms with E-state index in [-0.39, 0.29) is 18.0 Å². The highest BCUT2D eigenvalue weighted by atomic mass is 32.2. The number of ether oxygens (including phenoxy) is 1. The average Bonchev–Trinajstić information content (AvgIpc) is 3.20. The zero-order valence-electron chi connectivity index (χ0n) is 20.7. The molecule has 1 atom stereocenters. The van der Waals surface area contributed by atoms with Crippen LogP contribution in [0.1, 0.15) is 35.2 Å². The van der Waals surface area contributed by atoms with Crippen molar-refractivity contribution in [3.05, 3.63) is 64.7 Å². The first kappa shape index (κ1) is 30.4. The average molecular weight is 582 g/mol. The van der Waals surface area contributed by atoms with Crippen LogP contribution in [0.5, 0.6) is 0 Å². The van der Waals surface area contributed by atoms with Crippen LogP contribution in [0, 0.1) is 0 Å². The molecule has 0 spiro atoms. The lowest BCUT2D eigenvalue weighted by atomic mass is 9.87. The number of carbonyl (C=O) groups is 2. The fourth-order valence-electron chi connectivity index (χ4n) is 4.47. The molecule has 0 radical (unpaired) electrons. The first-order valence-corrected chi connectivity index (χ1v) is 12.8. The minimum Gasteiger partial charge on any atom is -0.383 e. The number of rotatable bonds is 9. The van der Waals surface area contributed by atoms with E-state index in [1.807, 2.05) is 0 Å². The Balaban J connectivity index is 1.91. The summed E-state index contributed by atoms with van der Waals surface area (Å²) < 4.78 is 110. The standard InChI is InChI=1S/C24H25F6N3O5S/c1-14(34)33-12-16-11-15(13-39(36)37)3-8-19(16)20(33)21(35)32-18-6-4-17(5-7-18)22(23(25,26)27,24(28,29)30)31-9-10-38-2/h3-8,11,20,31,39H,9-10,12-13H2,1-2H3,(H,32,35). The summed E-state index contributed by atoms with van der Waals surface area (Å²) in [4.78, 5) is 26.6. The molecule has 1 heterocycles. The fraction of sp³-hybridized carbons (Fsp3) is 0.417. The number of nitrogens with one attached hydrogen (secondary N) is 2. The lowest BCUT2D eigenvalue weighted by Crippen LogP contribution is -2.63. The monoisotopic (exact) mass is 581 g/mol. The number of anilines is 1. The number of amides is 2. The third-order valence-electron chi connectivity index (χ3n) is 6.25. The van der Waals surface area contributed by atoms with Gasteiger partial charge in [-0.15, -0.1) is 0 Å². The molecule has 0 fully saturated rings. The predicted molar refractivity (Wildman–Crippen MR) is 128 cm³/mol. The summed E-state index contributed by atoms with van der Waals surface area (Å²) in [5, 5.41) is 3.97. The molecular weight excluding hydrogens is 556 g/mol. The van der Waals surface area contributed by atoms with Crippen molar-refractivity contribution >= 4 is 28.2 Å². The van der Waals surface area contributed by atoms with E-state index in [0.717, 1.165) is 19.2 Å². The molecular formula is C24H25F6N3O5S. The lowest BCUT2D eigenvalue weighted by Gasteiger charge is -2.38. The number of thiol groups is 1. The van der Waals surface area contributed by atoms with E-state index >= 15 is 0 Å². The minimum atomic E-state index is -5.77. The lowest BCUT2D eigenvalue weighted by molar-refractivity contribution is -0.314. The van der Waals surface area contributed by atoms with E-state index < -0.39 is 65.2 Å². The van der Waals surface area contributed by atoms with E-state index in [0.29, 0.717) is 28.8 Å². The van der Waals surface area contributed by atoms with E-state index in [2.05, 4.69) is 10.1 Å². The van der Waals surface area contributed by atoms with Crippen molar-refractivity contribution in [2.24, 2.45) is 0 Å². The topological polar surface area (TPSA) is 105 Å². The number of halogens is 6. The molecule has 214 valence electrons. The number of nitrogens with zero attached hydrogens (tertiary/aromatic N) is 1. The number of hydrogen-bond acceptors (Lipinski definition) is 6. The molecule has 0 aromatic heterocycles. The van der Waals surface area contributed by atoms with Crippen LogP contribution >= 0.6 is 0 Å². The fourth-order valence-corrected chi connectivity index (χ4v) is 4.97. The van der Waals surface area contributed by atoms with Gasteiger partial charge in [-0.05, 0) is 34.4 Å². The van der Waals surface area contributed by atoms with Crippen LogP contribution in [0.25, 0.3) is 0 Å². The molecule has 15 heteroatoms. The normalized spacial score (nSPS) is 15.9. The first-order chi connectivity index (χ1) is 18.1. The molecule has 2 aromatic carbocycles. The highest BCUT2D eigenvalue weighted by Gasteiger charge is 2.71. The Kier molecular flexibility index (Phi) is 8.97. The van der Waals surface area contributed by atoms with Crippen LogP contribution < -0.4 is 10.6 Å². The van der Waals surface area contributed by atoms with Gasteiger partial charge in [-0.1, -0.05) is 30.3 Å². The van der Waals surface area contributed by atoms with Gasteiger partial charge in [0.2, 0.25) is 11.4 Å². The van der Waals surface area contributed by atoms with Gasteiger partial charge in [0.1, 0.15) is 16.7 Å². The van der Waals surface area contributed by atoms with Crippen LogP contribution in [0.4, 0.5) is 32.0 Å². The van der Waals surface area contributed by atoms with Gasteiger partial charge in [0.05, 0.1) is 12.4 Å². The van der Waals surface area contributed by atoms with Crippen LogP contribution in [0.15, 0.2) is 42.5 Å². The van der Waals surface area contributed by atoms with Crippen LogP contribution in [0.2, 0.25) is 0 Å². The molecule has 3 rings (SSSR count). The summed E-state index contributed by atoms with van der Waals surface area (Å²) in [7, 11) is -1.57. The molecule has 1 aliphatic heterocycles. The predicted octanol–water partition coefficient (Wildman–Crippen LogP) is 3.40. The van der Waals surface area contributed by atoms with Gasteiger partial charge in [0.15, 0.2) is 0 Å². The van der Waals surface area contributed by atoms with Crippen LogP contribution in [-0.2, 0) is 42.9 Å². The van der Waals surface area contributed by atoms with Gasteiger partial charge < -0.3 is 15.0 Å². The molecule has 2 aromatic rings. The maximum atomic E-state index is 13.9. The summed E-state index contributed by atoms with van der Waals surface area (Å²) in [5.41, 5.74) is -4.21. The molecule has 1 unspecified atom stereocenters. The highest BCUT2D eigenvalue weighted by molar-refractivity contribution is 7.71. The molecule has 8 nitrogen and oxygen atoms in total. The summed E-state index contributed by atoms with van der Waals surface area (Å²) >= 11 is 0. The van der Waals surface area contributed by atoms with Crippen molar-refractivity contribution < 1.29 is 49.1 Å².